The van der Waals surface area contributed by atoms with Gasteiger partial charge in [-0.3, -0.25) is 0 Å². The van der Waals surface area contributed by atoms with Crippen LogP contribution in [-0.4, -0.2) is 6.21 Å². The van der Waals surface area contributed by atoms with E-state index in [1.165, 1.54) is 6.21 Å². The molecule has 1 heteroatoms. The van der Waals surface area contributed by atoms with Gasteiger partial charge in [0.2, 0.25) is 0 Å². The van der Waals surface area contributed by atoms with E-state index in [2.05, 4.69) is 6.58 Å². The molecule has 0 aromatic rings. The van der Waals surface area contributed by atoms with Gasteiger partial charge in [-0.25, -0.2) is 0 Å². The van der Waals surface area contributed by atoms with E-state index in [0.717, 1.165) is 0 Å². The molecule has 0 saturated carbocycles. The van der Waals surface area contributed by atoms with Crippen LogP contribution in [0.2, 0.25) is 0 Å². The van der Waals surface area contributed by atoms with Gasteiger partial charge in [0, 0.05) is 6.21 Å². The smallest absolute Gasteiger partial charge is 0.0177 e. The van der Waals surface area contributed by atoms with Crippen molar-refractivity contribution in [2.75, 3.05) is 0 Å². The van der Waals surface area contributed by atoms with Crippen molar-refractivity contribution in [2.45, 2.75) is 0 Å². The third kappa shape index (κ3) is 4.89. The minimum Gasteiger partial charge on any atom is -0.309 e. The first-order valence-electron chi connectivity index (χ1n) is 2.36. The Morgan fingerprint density at radius 1 is 1.00 bits per heavy atom. The maximum absolute atomic E-state index is 6.57. The lowest BCUT2D eigenvalue weighted by Gasteiger charge is -1.66. The van der Waals surface area contributed by atoms with E-state index in [-0.39, 0.29) is 0 Å². The zero-order chi connectivity index (χ0) is 6.24. The summed E-state index contributed by atoms with van der Waals surface area (Å²) in [6.07, 6.45) is 9.95. The lowest BCUT2D eigenvalue weighted by molar-refractivity contribution is 1.58. The Kier molecular flexibility index (Phi) is 5.07. The molecule has 0 atom stereocenters. The van der Waals surface area contributed by atoms with Crippen LogP contribution in [0.25, 0.3) is 0 Å². The molecular weight excluding hydrogens is 98.1 g/mol. The molecule has 0 heterocycles. The van der Waals surface area contributed by atoms with Gasteiger partial charge in [-0.15, -0.1) is 0 Å². The minimum atomic E-state index is 1.23. The first-order valence-corrected chi connectivity index (χ1v) is 2.36. The van der Waals surface area contributed by atoms with Crippen LogP contribution in [-0.2, 0) is 0 Å². The van der Waals surface area contributed by atoms with E-state index >= 15 is 0 Å². The van der Waals surface area contributed by atoms with Gasteiger partial charge in [0.25, 0.3) is 0 Å². The second-order valence-electron chi connectivity index (χ2n) is 1.17. The SMILES string of the molecule is C=C/C=C\C=C/C=N. The maximum Gasteiger partial charge on any atom is 0.0177 e. The van der Waals surface area contributed by atoms with Gasteiger partial charge in [0.05, 0.1) is 0 Å². The van der Waals surface area contributed by atoms with Gasteiger partial charge in [0.1, 0.15) is 0 Å². The molecule has 1 N–H and O–H groups in total. The average Bonchev–Trinajstić information content (AvgIpc) is 1.81. The zero-order valence-corrected chi connectivity index (χ0v) is 4.67. The second-order valence-corrected chi connectivity index (χ2v) is 1.17. The van der Waals surface area contributed by atoms with E-state index in [4.69, 9.17) is 5.41 Å². The molecule has 1 nitrogen and oxygen atoms in total. The lowest BCUT2D eigenvalue weighted by atomic mass is 10.4. The van der Waals surface area contributed by atoms with Gasteiger partial charge in [-0.1, -0.05) is 30.9 Å². The van der Waals surface area contributed by atoms with E-state index < -0.39 is 0 Å². The van der Waals surface area contributed by atoms with Crippen molar-refractivity contribution >= 4 is 6.21 Å². The number of rotatable bonds is 3. The molecular formula is C7H9N. The van der Waals surface area contributed by atoms with E-state index in [9.17, 15) is 0 Å². The summed E-state index contributed by atoms with van der Waals surface area (Å²) in [5.74, 6) is 0. The van der Waals surface area contributed by atoms with Crippen LogP contribution in [0, 0.1) is 5.41 Å². The van der Waals surface area contributed by atoms with Gasteiger partial charge in [-0.05, 0) is 6.08 Å². The molecule has 0 unspecified atom stereocenters. The summed E-state index contributed by atoms with van der Waals surface area (Å²) < 4.78 is 0. The fraction of sp³-hybridized carbons (Fsp3) is 0. The van der Waals surface area contributed by atoms with Crippen molar-refractivity contribution in [3.05, 3.63) is 37.0 Å². The second kappa shape index (κ2) is 5.89. The summed E-state index contributed by atoms with van der Waals surface area (Å²) in [5.41, 5.74) is 0. The Balaban J connectivity index is 3.41. The average molecular weight is 107 g/mol. The molecule has 8 heavy (non-hydrogen) atoms. The van der Waals surface area contributed by atoms with Crippen molar-refractivity contribution in [3.8, 4) is 0 Å². The van der Waals surface area contributed by atoms with Crippen LogP contribution in [0.3, 0.4) is 0 Å². The highest BCUT2D eigenvalue weighted by molar-refractivity contribution is 5.68. The van der Waals surface area contributed by atoms with Crippen molar-refractivity contribution in [3.63, 3.8) is 0 Å². The third-order valence-electron chi connectivity index (χ3n) is 0.566. The lowest BCUT2D eigenvalue weighted by Crippen LogP contribution is -1.52. The number of nitrogens with one attached hydrogen (secondary N) is 1. The summed E-state index contributed by atoms with van der Waals surface area (Å²) in [5, 5.41) is 6.57. The molecule has 0 saturated heterocycles. The summed E-state index contributed by atoms with van der Waals surface area (Å²) >= 11 is 0. The fourth-order valence-corrected chi connectivity index (χ4v) is 0.262. The Hall–Kier alpha value is -1.11. The van der Waals surface area contributed by atoms with Crippen LogP contribution in [0.5, 0.6) is 0 Å². The molecule has 42 valence electrons. The van der Waals surface area contributed by atoms with Crippen LogP contribution in [0.1, 0.15) is 0 Å². The molecule has 0 bridgehead atoms. The molecule has 0 radical (unpaired) electrons. The molecule has 0 aromatic carbocycles. The Labute approximate surface area is 49.5 Å². The summed E-state index contributed by atoms with van der Waals surface area (Å²) in [6.45, 7) is 3.48. The van der Waals surface area contributed by atoms with Crippen molar-refractivity contribution in [1.82, 2.24) is 0 Å². The van der Waals surface area contributed by atoms with Crippen molar-refractivity contribution in [1.29, 1.82) is 5.41 Å². The summed E-state index contributed by atoms with van der Waals surface area (Å²) in [7, 11) is 0. The van der Waals surface area contributed by atoms with Gasteiger partial charge < -0.3 is 5.41 Å². The van der Waals surface area contributed by atoms with Gasteiger partial charge in [0.15, 0.2) is 0 Å². The quantitative estimate of drug-likeness (QED) is 0.421. The maximum atomic E-state index is 6.57. The fourth-order valence-electron chi connectivity index (χ4n) is 0.262. The first kappa shape index (κ1) is 6.89. The first-order chi connectivity index (χ1) is 3.91. The third-order valence-corrected chi connectivity index (χ3v) is 0.566. The largest absolute Gasteiger partial charge is 0.309 e. The van der Waals surface area contributed by atoms with E-state index in [1.54, 1.807) is 24.3 Å². The summed E-state index contributed by atoms with van der Waals surface area (Å²) in [6, 6.07) is 0. The predicted octanol–water partition coefficient (Wildman–Crippen LogP) is 1.93. The van der Waals surface area contributed by atoms with Crippen LogP contribution >= 0.6 is 0 Å². The monoisotopic (exact) mass is 107 g/mol. The Morgan fingerprint density at radius 3 is 2.12 bits per heavy atom. The van der Waals surface area contributed by atoms with Gasteiger partial charge in [-0.2, -0.15) is 0 Å². The molecule has 0 aliphatic rings. The highest BCUT2D eigenvalue weighted by Gasteiger charge is 1.55. The molecule has 0 rings (SSSR count). The van der Waals surface area contributed by atoms with Crippen LogP contribution in [0.15, 0.2) is 37.0 Å². The molecule has 0 amide bonds. The molecule has 0 aliphatic carbocycles. The molecule has 0 fully saturated rings. The highest BCUT2D eigenvalue weighted by atomic mass is 14.3. The van der Waals surface area contributed by atoms with Crippen molar-refractivity contribution in [2.24, 2.45) is 0 Å². The van der Waals surface area contributed by atoms with E-state index in [1.807, 2.05) is 6.08 Å². The molecule has 0 spiro atoms. The molecule has 0 aliphatic heterocycles. The zero-order valence-electron chi connectivity index (χ0n) is 4.67. The Bertz CT molecular complexity index is 104. The summed E-state index contributed by atoms with van der Waals surface area (Å²) in [4.78, 5) is 0. The van der Waals surface area contributed by atoms with Crippen molar-refractivity contribution < 1.29 is 0 Å². The number of allylic oxidation sites excluding steroid dienone is 5. The van der Waals surface area contributed by atoms with Crippen LogP contribution < -0.4 is 0 Å². The van der Waals surface area contributed by atoms with Crippen LogP contribution in [0.4, 0.5) is 0 Å². The standard InChI is InChI=1S/C7H9N/c1-2-3-4-5-6-7-8/h2-8H,1H2/b4-3-,6-5-,8-7?. The van der Waals surface area contributed by atoms with E-state index in [0.29, 0.717) is 0 Å². The number of hydrogen-bond donors (Lipinski definition) is 1. The number of hydrogen-bond acceptors (Lipinski definition) is 1. The normalized spacial score (nSPS) is 10.5. The Morgan fingerprint density at radius 2 is 1.62 bits per heavy atom. The molecule has 0 aromatic heterocycles. The highest BCUT2D eigenvalue weighted by Crippen LogP contribution is 1.73. The van der Waals surface area contributed by atoms with Gasteiger partial charge >= 0.3 is 0 Å². The predicted molar refractivity (Wildman–Crippen MR) is 37.3 cm³/mol. The minimum absolute atomic E-state index is 1.23. The topological polar surface area (TPSA) is 23.9 Å².